The van der Waals surface area contributed by atoms with Crippen molar-refractivity contribution in [2.45, 2.75) is 38.5 Å². The Balaban J connectivity index is 1.20. The molecule has 10 heteroatoms. The number of hydrazine groups is 1. The number of phenols is 1. The van der Waals surface area contributed by atoms with Crippen LogP contribution in [0.2, 0.25) is 0 Å². The van der Waals surface area contributed by atoms with Gasteiger partial charge in [0.2, 0.25) is 11.8 Å². The molecule has 5 aliphatic rings. The molecule has 3 fully saturated rings. The predicted octanol–water partition coefficient (Wildman–Crippen LogP) is 6.44. The summed E-state index contributed by atoms with van der Waals surface area (Å²) >= 11 is 0. The standard InChI is InChI=1S/C44H37N3O7/c1-24-8-12-30(13-9-24)45-47-41(51)36-22-35-33(17-18-34-38(35)42(52)46(40(34)50)31-14-10-26(11-15-31)25(2)48)39(44(36,43(47)53)29-6-4-3-5-7-29)28-20-27-21-32(49)16-19-37(27)54-23-28/h3-17,19,21,23,34-36,38-39,45,49H,18,20,22H2,1-2H3/t34-,35+,36-,38-,39-,44+/m0/s1. The number of phenolic OH excluding ortho intramolecular Hbond substituents is 1. The van der Waals surface area contributed by atoms with Gasteiger partial charge in [-0.1, -0.05) is 59.7 Å². The van der Waals surface area contributed by atoms with Gasteiger partial charge in [0.15, 0.2) is 5.78 Å². The second-order valence-electron chi connectivity index (χ2n) is 15.0. The summed E-state index contributed by atoms with van der Waals surface area (Å²) in [6.07, 6.45) is 4.42. The lowest BCUT2D eigenvalue weighted by Gasteiger charge is -2.51. The van der Waals surface area contributed by atoms with Crippen LogP contribution in [0.15, 0.2) is 121 Å². The van der Waals surface area contributed by atoms with Gasteiger partial charge < -0.3 is 9.84 Å². The van der Waals surface area contributed by atoms with Gasteiger partial charge in [0.05, 0.1) is 40.8 Å². The highest BCUT2D eigenvalue weighted by atomic mass is 16.5. The third kappa shape index (κ3) is 4.89. The van der Waals surface area contributed by atoms with E-state index in [1.54, 1.807) is 48.7 Å². The number of aromatic hydroxyl groups is 1. The lowest BCUT2D eigenvalue weighted by Crippen LogP contribution is -2.55. The van der Waals surface area contributed by atoms with Crippen LogP contribution in [0.5, 0.6) is 11.5 Å². The van der Waals surface area contributed by atoms with Crippen molar-refractivity contribution in [3.63, 3.8) is 0 Å². The molecule has 2 saturated heterocycles. The molecule has 2 N–H and O–H groups in total. The molecule has 9 rings (SSSR count). The van der Waals surface area contributed by atoms with Crippen molar-refractivity contribution in [3.8, 4) is 11.5 Å². The van der Waals surface area contributed by atoms with Gasteiger partial charge in [-0.15, -0.1) is 0 Å². The van der Waals surface area contributed by atoms with Crippen molar-refractivity contribution in [1.82, 2.24) is 5.01 Å². The number of benzene rings is 4. The van der Waals surface area contributed by atoms with Crippen molar-refractivity contribution >= 4 is 40.8 Å². The first-order valence-electron chi connectivity index (χ1n) is 18.2. The number of ether oxygens (including phenoxy) is 1. The van der Waals surface area contributed by atoms with E-state index in [0.717, 1.165) is 27.3 Å². The normalized spacial score (nSPS) is 27.0. The van der Waals surface area contributed by atoms with Crippen LogP contribution in [-0.4, -0.2) is 39.5 Å². The summed E-state index contributed by atoms with van der Waals surface area (Å²) in [5.74, 6) is -4.62. The minimum absolute atomic E-state index is 0.0718. The van der Waals surface area contributed by atoms with E-state index >= 15 is 4.79 Å². The maximum absolute atomic E-state index is 15.4. The smallest absolute Gasteiger partial charge is 0.260 e. The number of aryl methyl sites for hydroxylation is 1. The fourth-order valence-electron chi connectivity index (χ4n) is 9.66. The van der Waals surface area contributed by atoms with Crippen LogP contribution in [0, 0.1) is 36.5 Å². The Morgan fingerprint density at radius 3 is 2.33 bits per heavy atom. The zero-order valence-corrected chi connectivity index (χ0v) is 29.7. The van der Waals surface area contributed by atoms with Crippen LogP contribution >= 0.6 is 0 Å². The number of amides is 4. The van der Waals surface area contributed by atoms with Crippen LogP contribution in [-0.2, 0) is 31.0 Å². The Morgan fingerprint density at radius 2 is 1.61 bits per heavy atom. The molecule has 0 bridgehead atoms. The zero-order valence-electron chi connectivity index (χ0n) is 29.7. The molecule has 10 nitrogen and oxygen atoms in total. The molecule has 3 heterocycles. The summed E-state index contributed by atoms with van der Waals surface area (Å²) in [6.45, 7) is 3.41. The summed E-state index contributed by atoms with van der Waals surface area (Å²) in [4.78, 5) is 72.2. The minimum Gasteiger partial charge on any atom is -0.508 e. The van der Waals surface area contributed by atoms with E-state index in [4.69, 9.17) is 4.74 Å². The second kappa shape index (κ2) is 12.4. The quantitative estimate of drug-likeness (QED) is 0.132. The number of nitrogens with zero attached hydrogens (tertiary/aromatic N) is 2. The molecule has 3 aliphatic heterocycles. The first-order valence-corrected chi connectivity index (χ1v) is 18.2. The van der Waals surface area contributed by atoms with E-state index in [0.29, 0.717) is 34.7 Å². The van der Waals surface area contributed by atoms with Crippen molar-refractivity contribution in [2.24, 2.45) is 29.6 Å². The third-order valence-corrected chi connectivity index (χ3v) is 12.1. The molecule has 0 spiro atoms. The minimum atomic E-state index is -1.43. The number of hydrogen-bond acceptors (Lipinski definition) is 8. The average molecular weight is 720 g/mol. The van der Waals surface area contributed by atoms with E-state index in [2.05, 4.69) is 5.43 Å². The largest absolute Gasteiger partial charge is 0.508 e. The molecule has 4 amide bonds. The van der Waals surface area contributed by atoms with Gasteiger partial charge in [0.1, 0.15) is 11.5 Å². The molecular formula is C44H37N3O7. The Labute approximate surface area is 311 Å². The van der Waals surface area contributed by atoms with Crippen LogP contribution in [0.1, 0.15) is 46.8 Å². The van der Waals surface area contributed by atoms with Gasteiger partial charge in [-0.25, -0.2) is 0 Å². The monoisotopic (exact) mass is 719 g/mol. The molecule has 6 atom stereocenters. The molecule has 2 aliphatic carbocycles. The highest BCUT2D eigenvalue weighted by Crippen LogP contribution is 2.63. The molecule has 4 aromatic rings. The molecule has 54 heavy (non-hydrogen) atoms. The Morgan fingerprint density at radius 1 is 0.870 bits per heavy atom. The maximum Gasteiger partial charge on any atom is 0.260 e. The number of allylic oxidation sites excluding steroid dienone is 3. The second-order valence-corrected chi connectivity index (χ2v) is 15.0. The highest BCUT2D eigenvalue weighted by molar-refractivity contribution is 6.22. The van der Waals surface area contributed by atoms with Gasteiger partial charge in [-0.2, -0.15) is 5.01 Å². The van der Waals surface area contributed by atoms with Gasteiger partial charge in [0.25, 0.3) is 11.8 Å². The lowest BCUT2D eigenvalue weighted by atomic mass is 9.48. The number of hydrogen-bond donors (Lipinski definition) is 2. The predicted molar refractivity (Wildman–Crippen MR) is 199 cm³/mol. The maximum atomic E-state index is 15.4. The lowest BCUT2D eigenvalue weighted by molar-refractivity contribution is -0.139. The van der Waals surface area contributed by atoms with Gasteiger partial charge in [-0.05, 0) is 98.3 Å². The molecule has 1 saturated carbocycles. The topological polar surface area (TPSA) is 133 Å². The molecule has 0 aromatic heterocycles. The van der Waals surface area contributed by atoms with E-state index < -0.39 is 46.8 Å². The number of fused-ring (bicyclic) bond motifs is 5. The molecule has 0 radical (unpaired) electrons. The third-order valence-electron chi connectivity index (χ3n) is 12.1. The Bertz CT molecular complexity index is 2330. The van der Waals surface area contributed by atoms with Crippen molar-refractivity contribution in [3.05, 3.63) is 143 Å². The Kier molecular flexibility index (Phi) is 7.70. The number of rotatable bonds is 6. The fourth-order valence-corrected chi connectivity index (χ4v) is 9.66. The average Bonchev–Trinajstić information content (AvgIpc) is 3.56. The van der Waals surface area contributed by atoms with Gasteiger partial charge in [0, 0.05) is 23.5 Å². The SMILES string of the molecule is CC(=O)c1ccc(N2C(=O)[C@H]3[C@H](CC=C4[C@H](C5=COc6ccc(O)cc6C5)[C@]5(c6ccccc6)C(=O)N(Nc6ccc(C)cc6)C(=O)[C@@H]5C[C@H]43)C2=O)cc1. The van der Waals surface area contributed by atoms with Gasteiger partial charge >= 0.3 is 0 Å². The zero-order chi connectivity index (χ0) is 37.5. The summed E-state index contributed by atoms with van der Waals surface area (Å²) < 4.78 is 6.20. The first-order chi connectivity index (χ1) is 26.1. The number of Topliss-reactive ketones (excluding diaryl/α,β-unsaturated/α-hetero) is 1. The van der Waals surface area contributed by atoms with Crippen LogP contribution in [0.3, 0.4) is 0 Å². The summed E-state index contributed by atoms with van der Waals surface area (Å²) in [7, 11) is 0. The van der Waals surface area contributed by atoms with Crippen LogP contribution in [0.4, 0.5) is 11.4 Å². The number of ketones is 1. The number of nitrogens with one attached hydrogen (secondary N) is 1. The molecule has 0 unspecified atom stereocenters. The highest BCUT2D eigenvalue weighted by Gasteiger charge is 2.70. The van der Waals surface area contributed by atoms with Crippen molar-refractivity contribution in [1.29, 1.82) is 0 Å². The Hall–Kier alpha value is -6.29. The fraction of sp³-hybridized carbons (Fsp3) is 0.250. The molecular weight excluding hydrogens is 682 g/mol. The molecule has 4 aromatic carbocycles. The number of carbonyl (C=O) groups excluding carboxylic acids is 5. The van der Waals surface area contributed by atoms with Crippen molar-refractivity contribution in [2.75, 3.05) is 10.3 Å². The van der Waals surface area contributed by atoms with E-state index in [1.807, 2.05) is 67.6 Å². The summed E-state index contributed by atoms with van der Waals surface area (Å²) in [5, 5.41) is 11.6. The first kappa shape index (κ1) is 33.5. The van der Waals surface area contributed by atoms with Crippen LogP contribution in [0.25, 0.3) is 0 Å². The summed E-state index contributed by atoms with van der Waals surface area (Å²) in [5.41, 5.74) is 7.09. The van der Waals surface area contributed by atoms with Crippen LogP contribution < -0.4 is 15.1 Å². The number of carbonyl (C=O) groups is 5. The number of anilines is 2. The number of imide groups is 2. The van der Waals surface area contributed by atoms with Crippen molar-refractivity contribution < 1.29 is 33.8 Å². The van der Waals surface area contributed by atoms with E-state index in [1.165, 1.54) is 11.8 Å². The van der Waals surface area contributed by atoms with E-state index in [-0.39, 0.29) is 36.2 Å². The molecule has 270 valence electrons. The summed E-state index contributed by atoms with van der Waals surface area (Å²) in [6, 6.07) is 28.1. The van der Waals surface area contributed by atoms with Gasteiger partial charge in [-0.3, -0.25) is 34.3 Å². The van der Waals surface area contributed by atoms with E-state index in [9.17, 15) is 24.3 Å².